The first kappa shape index (κ1) is 32.0. The highest BCUT2D eigenvalue weighted by atomic mass is 16.5. The molecule has 46 heavy (non-hydrogen) atoms. The van der Waals surface area contributed by atoms with Crippen molar-refractivity contribution >= 4 is 45.9 Å². The number of pyridine rings is 1. The first-order valence-electron chi connectivity index (χ1n) is 14.9. The van der Waals surface area contributed by atoms with E-state index in [1.165, 1.54) is 14.2 Å². The molecule has 0 aliphatic carbocycles. The van der Waals surface area contributed by atoms with E-state index in [9.17, 15) is 14.4 Å². The zero-order valence-electron chi connectivity index (χ0n) is 26.5. The quantitative estimate of drug-likeness (QED) is 0.190. The number of benzene rings is 3. The molecule has 0 bridgehead atoms. The molecule has 1 saturated heterocycles. The molecule has 240 valence electrons. The topological polar surface area (TPSA) is 143 Å². The number of urea groups is 1. The van der Waals surface area contributed by atoms with Crippen molar-refractivity contribution < 1.29 is 28.6 Å². The lowest BCUT2D eigenvalue weighted by atomic mass is 9.86. The number of aromatic nitrogens is 1. The molecule has 0 atom stereocenters. The summed E-state index contributed by atoms with van der Waals surface area (Å²) in [5, 5.41) is 13.2. The first-order valence-corrected chi connectivity index (χ1v) is 14.9. The first-order chi connectivity index (χ1) is 22.1. The van der Waals surface area contributed by atoms with E-state index in [1.807, 2.05) is 51.1 Å². The normalized spacial score (nSPS) is 13.1. The Hall–Kier alpha value is -5.36. The van der Waals surface area contributed by atoms with Crippen LogP contribution in [-0.4, -0.2) is 68.3 Å². The molecule has 4 N–H and O–H groups in total. The second-order valence-electron chi connectivity index (χ2n) is 11.7. The summed E-state index contributed by atoms with van der Waals surface area (Å²) in [5.74, 6) is 1.15. The van der Waals surface area contributed by atoms with E-state index in [2.05, 4.69) is 26.3 Å². The maximum atomic E-state index is 13.4. The lowest BCUT2D eigenvalue weighted by molar-refractivity contribution is 0.0729. The number of piperazine rings is 1. The number of carbonyl (C=O) groups is 3. The second-order valence-corrected chi connectivity index (χ2v) is 11.7. The molecule has 4 amide bonds. The van der Waals surface area contributed by atoms with Crippen molar-refractivity contribution in [1.82, 2.24) is 15.2 Å². The number of methoxy groups -OCH3 is 2. The van der Waals surface area contributed by atoms with Crippen LogP contribution in [0.2, 0.25) is 0 Å². The molecule has 1 aromatic heterocycles. The molecule has 1 aliphatic rings. The number of rotatable bonds is 7. The zero-order chi connectivity index (χ0) is 32.8. The van der Waals surface area contributed by atoms with Crippen molar-refractivity contribution in [2.24, 2.45) is 0 Å². The Labute approximate surface area is 267 Å². The van der Waals surface area contributed by atoms with Gasteiger partial charge in [-0.2, -0.15) is 0 Å². The summed E-state index contributed by atoms with van der Waals surface area (Å²) < 4.78 is 16.6. The third-order valence-electron chi connectivity index (χ3n) is 7.54. The third kappa shape index (κ3) is 7.29. The van der Waals surface area contributed by atoms with Gasteiger partial charge in [0.05, 0.1) is 31.3 Å². The van der Waals surface area contributed by atoms with Crippen molar-refractivity contribution in [2.75, 3.05) is 56.3 Å². The molecular weight excluding hydrogens is 588 g/mol. The van der Waals surface area contributed by atoms with E-state index in [0.717, 1.165) is 29.4 Å². The van der Waals surface area contributed by atoms with Gasteiger partial charge in [0.2, 0.25) is 0 Å². The van der Waals surface area contributed by atoms with Crippen molar-refractivity contribution in [1.29, 1.82) is 0 Å². The van der Waals surface area contributed by atoms with Crippen molar-refractivity contribution in [3.05, 3.63) is 78.1 Å². The third-order valence-corrected chi connectivity index (χ3v) is 7.54. The van der Waals surface area contributed by atoms with Crippen molar-refractivity contribution in [3.8, 4) is 17.2 Å². The summed E-state index contributed by atoms with van der Waals surface area (Å²) in [6.45, 7) is 8.80. The van der Waals surface area contributed by atoms with E-state index in [0.29, 0.717) is 47.3 Å². The van der Waals surface area contributed by atoms with Crippen LogP contribution in [0.1, 0.15) is 36.8 Å². The fraction of sp³-hybridized carbons (Fsp3) is 0.294. The molecule has 1 aliphatic heterocycles. The van der Waals surface area contributed by atoms with E-state index in [1.54, 1.807) is 41.4 Å². The molecule has 4 aromatic rings. The Morgan fingerprint density at radius 1 is 0.848 bits per heavy atom. The van der Waals surface area contributed by atoms with Crippen LogP contribution in [-0.2, 0) is 10.2 Å². The summed E-state index contributed by atoms with van der Waals surface area (Å²) in [7, 11) is 2.73. The highest BCUT2D eigenvalue weighted by molar-refractivity contribution is 6.08. The average Bonchev–Trinajstić information content (AvgIpc) is 3.05. The van der Waals surface area contributed by atoms with Crippen LogP contribution in [0, 0.1) is 0 Å². The van der Waals surface area contributed by atoms with Crippen LogP contribution < -0.4 is 30.7 Å². The minimum atomic E-state index is -0.664. The fourth-order valence-corrected chi connectivity index (χ4v) is 5.12. The molecule has 2 heterocycles. The number of fused-ring (bicyclic) bond motifs is 1. The van der Waals surface area contributed by atoms with Gasteiger partial charge in [-0.15, -0.1) is 0 Å². The highest BCUT2D eigenvalue weighted by Gasteiger charge is 2.23. The van der Waals surface area contributed by atoms with Crippen molar-refractivity contribution in [3.63, 3.8) is 0 Å². The van der Waals surface area contributed by atoms with Crippen LogP contribution in [0.15, 0.2) is 66.9 Å². The maximum absolute atomic E-state index is 13.4. The van der Waals surface area contributed by atoms with Crippen LogP contribution in [0.4, 0.5) is 26.7 Å². The Balaban J connectivity index is 1.39. The highest BCUT2D eigenvalue weighted by Crippen LogP contribution is 2.39. The lowest BCUT2D eigenvalue weighted by Crippen LogP contribution is -2.46. The Morgan fingerprint density at radius 3 is 2.20 bits per heavy atom. The number of hydrogen-bond donors (Lipinski definition) is 4. The van der Waals surface area contributed by atoms with Gasteiger partial charge in [0.1, 0.15) is 17.2 Å². The minimum Gasteiger partial charge on any atom is -0.492 e. The largest absolute Gasteiger partial charge is 0.492 e. The summed E-state index contributed by atoms with van der Waals surface area (Å²) >= 11 is 0. The molecule has 12 heteroatoms. The van der Waals surface area contributed by atoms with E-state index in [-0.39, 0.29) is 17.1 Å². The molecule has 0 radical (unpaired) electrons. The molecule has 0 spiro atoms. The fourth-order valence-electron chi connectivity index (χ4n) is 5.12. The van der Waals surface area contributed by atoms with E-state index < -0.39 is 12.1 Å². The second kappa shape index (κ2) is 13.7. The average molecular weight is 627 g/mol. The predicted octanol–water partition coefficient (Wildman–Crippen LogP) is 6.20. The monoisotopic (exact) mass is 626 g/mol. The standard InChI is InChI=1S/C34H38N6O6/c1-34(2,3)21-18-26(30(44-4)27(19-21)39-33(43)45-5)38-32(42)37-25-10-11-29(24-9-7-6-8-23(24)25)46-22-12-13-36-28(20-22)31(41)40-16-14-35-15-17-40/h6-13,18-20,35H,14-17H2,1-5H3,(H,39,43)(H2,37,38,42). The van der Waals surface area contributed by atoms with Gasteiger partial charge in [0.15, 0.2) is 5.75 Å². The van der Waals surface area contributed by atoms with Crippen LogP contribution >= 0.6 is 0 Å². The number of nitrogens with zero attached hydrogens (tertiary/aromatic N) is 2. The molecule has 3 aromatic carbocycles. The molecule has 0 saturated carbocycles. The predicted molar refractivity (Wildman–Crippen MR) is 177 cm³/mol. The number of ether oxygens (including phenoxy) is 3. The van der Waals surface area contributed by atoms with E-state index in [4.69, 9.17) is 14.2 Å². The smallest absolute Gasteiger partial charge is 0.411 e. The molecule has 5 rings (SSSR count). The van der Waals surface area contributed by atoms with Gasteiger partial charge in [-0.25, -0.2) is 9.59 Å². The van der Waals surface area contributed by atoms with Gasteiger partial charge < -0.3 is 35.1 Å². The number of hydrogen-bond acceptors (Lipinski definition) is 8. The van der Waals surface area contributed by atoms with E-state index >= 15 is 0 Å². The van der Waals surface area contributed by atoms with Crippen molar-refractivity contribution in [2.45, 2.75) is 26.2 Å². The lowest BCUT2D eigenvalue weighted by Gasteiger charge is -2.27. The Morgan fingerprint density at radius 2 is 1.52 bits per heavy atom. The molecule has 1 fully saturated rings. The maximum Gasteiger partial charge on any atom is 0.411 e. The number of amides is 4. The number of carbonyl (C=O) groups excluding carboxylic acids is 3. The summed E-state index contributed by atoms with van der Waals surface area (Å²) in [5.41, 5.74) is 2.14. The molecule has 12 nitrogen and oxygen atoms in total. The SMILES string of the molecule is COC(=O)Nc1cc(C(C)(C)C)cc(NC(=O)Nc2ccc(Oc3ccnc(C(=O)N4CCNCC4)c3)c3ccccc23)c1OC. The van der Waals surface area contributed by atoms with Gasteiger partial charge in [-0.1, -0.05) is 45.0 Å². The minimum absolute atomic E-state index is 0.139. The summed E-state index contributed by atoms with van der Waals surface area (Å²) in [6, 6.07) is 17.4. The van der Waals surface area contributed by atoms with Gasteiger partial charge in [0.25, 0.3) is 5.91 Å². The van der Waals surface area contributed by atoms with Crippen LogP contribution in [0.3, 0.4) is 0 Å². The van der Waals surface area contributed by atoms with Gasteiger partial charge in [0, 0.05) is 49.2 Å². The molecular formula is C34H38N6O6. The van der Waals surface area contributed by atoms with Crippen LogP contribution in [0.25, 0.3) is 10.8 Å². The molecule has 0 unspecified atom stereocenters. The van der Waals surface area contributed by atoms with Gasteiger partial charge in [-0.3, -0.25) is 15.1 Å². The Bertz CT molecular complexity index is 1760. The Kier molecular flexibility index (Phi) is 9.57. The van der Waals surface area contributed by atoms with Gasteiger partial charge >= 0.3 is 12.1 Å². The van der Waals surface area contributed by atoms with Gasteiger partial charge in [-0.05, 0) is 41.3 Å². The number of nitrogens with one attached hydrogen (secondary N) is 4. The summed E-state index contributed by atoms with van der Waals surface area (Å²) in [4.78, 5) is 44.5. The number of anilines is 3. The zero-order valence-corrected chi connectivity index (χ0v) is 26.5. The summed E-state index contributed by atoms with van der Waals surface area (Å²) in [6.07, 6.45) is 0.894. The van der Waals surface area contributed by atoms with Crippen LogP contribution in [0.5, 0.6) is 17.2 Å².